The summed E-state index contributed by atoms with van der Waals surface area (Å²) in [4.78, 5) is 11.8. The van der Waals surface area contributed by atoms with Gasteiger partial charge in [-0.1, -0.05) is 12.8 Å². The second kappa shape index (κ2) is 4.10. The summed E-state index contributed by atoms with van der Waals surface area (Å²) in [6.45, 7) is 5.65. The van der Waals surface area contributed by atoms with Crippen LogP contribution in [0.25, 0.3) is 0 Å². The van der Waals surface area contributed by atoms with Crippen molar-refractivity contribution in [3.63, 3.8) is 0 Å². The van der Waals surface area contributed by atoms with Gasteiger partial charge in [0.1, 0.15) is 11.1 Å². The first kappa shape index (κ1) is 12.5. The molecular formula is C11H22N2O2. The summed E-state index contributed by atoms with van der Waals surface area (Å²) in [7, 11) is 0. The smallest absolute Gasteiger partial charge is 0.327 e. The highest BCUT2D eigenvalue weighted by molar-refractivity contribution is 5.81. The average Bonchev–Trinajstić information content (AvgIpc) is 2.85. The third kappa shape index (κ3) is 3.80. The fraction of sp³-hybridized carbons (Fsp3) is 0.909. The van der Waals surface area contributed by atoms with Gasteiger partial charge < -0.3 is 16.2 Å². The lowest BCUT2D eigenvalue weighted by molar-refractivity contribution is -0.161. The third-order valence-corrected chi connectivity index (χ3v) is 2.52. The van der Waals surface area contributed by atoms with Crippen LogP contribution in [0.3, 0.4) is 0 Å². The first-order valence-corrected chi connectivity index (χ1v) is 5.49. The van der Waals surface area contributed by atoms with Crippen molar-refractivity contribution >= 4 is 5.97 Å². The molecule has 0 aromatic rings. The highest BCUT2D eigenvalue weighted by Gasteiger charge is 2.41. The molecule has 0 aromatic heterocycles. The summed E-state index contributed by atoms with van der Waals surface area (Å²) < 4.78 is 5.28. The highest BCUT2D eigenvalue weighted by Crippen LogP contribution is 2.36. The van der Waals surface area contributed by atoms with Crippen molar-refractivity contribution in [2.24, 2.45) is 17.4 Å². The summed E-state index contributed by atoms with van der Waals surface area (Å²) in [6, 6.07) is 0. The Morgan fingerprint density at radius 3 is 2.27 bits per heavy atom. The minimum absolute atomic E-state index is 0.151. The first-order chi connectivity index (χ1) is 6.77. The number of hydrogen-bond acceptors (Lipinski definition) is 4. The van der Waals surface area contributed by atoms with E-state index in [0.717, 1.165) is 12.8 Å². The van der Waals surface area contributed by atoms with Gasteiger partial charge in [-0.25, -0.2) is 4.79 Å². The number of carbonyl (C=O) groups is 1. The Morgan fingerprint density at radius 2 is 1.93 bits per heavy atom. The molecule has 15 heavy (non-hydrogen) atoms. The lowest BCUT2D eigenvalue weighted by Crippen LogP contribution is -2.56. The van der Waals surface area contributed by atoms with E-state index in [4.69, 9.17) is 16.2 Å². The van der Waals surface area contributed by atoms with E-state index in [0.29, 0.717) is 12.3 Å². The van der Waals surface area contributed by atoms with Crippen LogP contribution in [0.2, 0.25) is 0 Å². The molecule has 1 fully saturated rings. The number of nitrogens with two attached hydrogens (primary N) is 2. The zero-order chi connectivity index (χ0) is 11.7. The average molecular weight is 214 g/mol. The molecule has 4 heteroatoms. The number of hydrogen-bond donors (Lipinski definition) is 2. The van der Waals surface area contributed by atoms with Crippen molar-refractivity contribution in [3.05, 3.63) is 0 Å². The Hall–Kier alpha value is -0.610. The van der Waals surface area contributed by atoms with E-state index in [1.165, 1.54) is 0 Å². The summed E-state index contributed by atoms with van der Waals surface area (Å²) in [5.41, 5.74) is 10.1. The van der Waals surface area contributed by atoms with Crippen LogP contribution in [0, 0.1) is 5.92 Å². The van der Waals surface area contributed by atoms with Crippen LogP contribution >= 0.6 is 0 Å². The molecule has 0 heterocycles. The van der Waals surface area contributed by atoms with Gasteiger partial charge in [0.25, 0.3) is 0 Å². The molecule has 4 nitrogen and oxygen atoms in total. The van der Waals surface area contributed by atoms with Gasteiger partial charge in [-0.3, -0.25) is 0 Å². The highest BCUT2D eigenvalue weighted by atomic mass is 16.6. The van der Waals surface area contributed by atoms with E-state index in [1.807, 2.05) is 20.8 Å². The molecule has 4 N–H and O–H groups in total. The van der Waals surface area contributed by atoms with Gasteiger partial charge in [0.05, 0.1) is 0 Å². The number of rotatable bonds is 4. The van der Waals surface area contributed by atoms with E-state index in [1.54, 1.807) is 0 Å². The number of esters is 1. The van der Waals surface area contributed by atoms with Crippen molar-refractivity contribution < 1.29 is 9.53 Å². The fourth-order valence-electron chi connectivity index (χ4n) is 1.47. The summed E-state index contributed by atoms with van der Waals surface area (Å²) >= 11 is 0. The Morgan fingerprint density at radius 1 is 1.40 bits per heavy atom. The van der Waals surface area contributed by atoms with E-state index in [2.05, 4.69) is 0 Å². The van der Waals surface area contributed by atoms with E-state index in [9.17, 15) is 4.79 Å². The quantitative estimate of drug-likeness (QED) is 0.678. The van der Waals surface area contributed by atoms with Gasteiger partial charge in [0, 0.05) is 6.54 Å². The third-order valence-electron chi connectivity index (χ3n) is 2.52. The normalized spacial score (nSPS) is 20.9. The predicted molar refractivity (Wildman–Crippen MR) is 59.2 cm³/mol. The Bertz CT molecular complexity index is 243. The molecular weight excluding hydrogens is 192 g/mol. The second-order valence-electron chi connectivity index (χ2n) is 5.51. The van der Waals surface area contributed by atoms with Crippen molar-refractivity contribution in [3.8, 4) is 0 Å². The van der Waals surface area contributed by atoms with E-state index in [-0.39, 0.29) is 12.5 Å². The molecule has 1 aliphatic rings. The van der Waals surface area contributed by atoms with Crippen LogP contribution in [-0.2, 0) is 9.53 Å². The Balaban J connectivity index is 2.58. The molecule has 88 valence electrons. The maximum Gasteiger partial charge on any atom is 0.327 e. The van der Waals surface area contributed by atoms with Gasteiger partial charge in [-0.15, -0.1) is 0 Å². The lowest BCUT2D eigenvalue weighted by Gasteiger charge is -2.30. The minimum atomic E-state index is -0.992. The van der Waals surface area contributed by atoms with Crippen molar-refractivity contribution in [1.82, 2.24) is 0 Å². The van der Waals surface area contributed by atoms with Gasteiger partial charge in [-0.2, -0.15) is 0 Å². The zero-order valence-electron chi connectivity index (χ0n) is 9.88. The molecule has 1 atom stereocenters. The van der Waals surface area contributed by atoms with Crippen molar-refractivity contribution in [2.75, 3.05) is 6.54 Å². The predicted octanol–water partition coefficient (Wildman–Crippen LogP) is 0.784. The molecule has 0 saturated heterocycles. The van der Waals surface area contributed by atoms with E-state index >= 15 is 0 Å². The molecule has 0 aromatic carbocycles. The molecule has 1 rings (SSSR count). The molecule has 0 spiro atoms. The number of carbonyl (C=O) groups excluding carboxylic acids is 1. The molecule has 1 unspecified atom stereocenters. The molecule has 0 amide bonds. The maximum atomic E-state index is 11.8. The molecule has 0 radical (unpaired) electrons. The van der Waals surface area contributed by atoms with Crippen LogP contribution in [0.5, 0.6) is 0 Å². The van der Waals surface area contributed by atoms with Crippen LogP contribution in [0.4, 0.5) is 0 Å². The molecule has 1 saturated carbocycles. The Labute approximate surface area is 91.3 Å². The van der Waals surface area contributed by atoms with Crippen molar-refractivity contribution in [1.29, 1.82) is 0 Å². The van der Waals surface area contributed by atoms with Crippen molar-refractivity contribution in [2.45, 2.75) is 51.2 Å². The van der Waals surface area contributed by atoms with Crippen LogP contribution in [-0.4, -0.2) is 23.7 Å². The fourth-order valence-corrected chi connectivity index (χ4v) is 1.47. The summed E-state index contributed by atoms with van der Waals surface area (Å²) in [6.07, 6.45) is 2.96. The molecule has 0 aliphatic heterocycles. The lowest BCUT2D eigenvalue weighted by atomic mass is 9.93. The number of ether oxygens (including phenoxy) is 1. The van der Waals surface area contributed by atoms with Crippen LogP contribution in [0.1, 0.15) is 40.0 Å². The van der Waals surface area contributed by atoms with Gasteiger partial charge in [0.15, 0.2) is 0 Å². The van der Waals surface area contributed by atoms with Crippen LogP contribution in [0.15, 0.2) is 0 Å². The van der Waals surface area contributed by atoms with Gasteiger partial charge >= 0.3 is 5.97 Å². The monoisotopic (exact) mass is 214 g/mol. The Kier molecular flexibility index (Phi) is 3.41. The largest absolute Gasteiger partial charge is 0.459 e. The maximum absolute atomic E-state index is 11.8. The molecule has 1 aliphatic carbocycles. The molecule has 0 bridgehead atoms. The second-order valence-corrected chi connectivity index (χ2v) is 5.51. The first-order valence-electron chi connectivity index (χ1n) is 5.49. The standard InChI is InChI=1S/C11H22N2O2/c1-10(2,3)15-9(14)11(13,7-12)6-8-4-5-8/h8H,4-7,12-13H2,1-3H3. The minimum Gasteiger partial charge on any atom is -0.459 e. The van der Waals surface area contributed by atoms with E-state index < -0.39 is 11.1 Å². The van der Waals surface area contributed by atoms with Gasteiger partial charge in [0.2, 0.25) is 0 Å². The summed E-state index contributed by atoms with van der Waals surface area (Å²) in [5, 5.41) is 0. The summed E-state index contributed by atoms with van der Waals surface area (Å²) in [5.74, 6) is 0.190. The topological polar surface area (TPSA) is 78.3 Å². The van der Waals surface area contributed by atoms with Crippen LogP contribution < -0.4 is 11.5 Å². The van der Waals surface area contributed by atoms with Gasteiger partial charge in [-0.05, 0) is 33.1 Å². The SMILES string of the molecule is CC(C)(C)OC(=O)C(N)(CN)CC1CC1. The zero-order valence-corrected chi connectivity index (χ0v) is 9.88.